The lowest BCUT2D eigenvalue weighted by molar-refractivity contribution is 0.102. The summed E-state index contributed by atoms with van der Waals surface area (Å²) in [6.07, 6.45) is 0.743. The average molecular weight is 406 g/mol. The fourth-order valence-corrected chi connectivity index (χ4v) is 3.14. The van der Waals surface area contributed by atoms with Crippen molar-refractivity contribution in [3.63, 3.8) is 0 Å². The number of amides is 1. The minimum absolute atomic E-state index is 0.247. The molecule has 2 N–H and O–H groups in total. The molecule has 132 valence electrons. The molecular formula is C19H20BrNO4. The first kappa shape index (κ1) is 17.8. The number of nitrogens with one attached hydrogen (secondary N) is 1. The minimum atomic E-state index is -0.682. The highest BCUT2D eigenvalue weighted by Crippen LogP contribution is 2.39. The van der Waals surface area contributed by atoms with E-state index < -0.39 is 6.10 Å². The summed E-state index contributed by atoms with van der Waals surface area (Å²) in [4.78, 5) is 12.6. The summed E-state index contributed by atoms with van der Waals surface area (Å²) in [6.45, 7) is 2.93. The molecule has 1 aliphatic heterocycles. The minimum Gasteiger partial charge on any atom is -0.486 e. The van der Waals surface area contributed by atoms with Crippen molar-refractivity contribution in [2.45, 2.75) is 25.9 Å². The first-order valence-corrected chi connectivity index (χ1v) is 9.06. The maximum atomic E-state index is 12.6. The topological polar surface area (TPSA) is 67.8 Å². The number of carbonyl (C=O) groups is 1. The van der Waals surface area contributed by atoms with Crippen LogP contribution in [0.4, 0.5) is 5.69 Å². The fourth-order valence-electron chi connectivity index (χ4n) is 2.74. The molecule has 0 unspecified atom stereocenters. The van der Waals surface area contributed by atoms with Crippen LogP contribution < -0.4 is 14.8 Å². The lowest BCUT2D eigenvalue weighted by atomic mass is 10.0. The van der Waals surface area contributed by atoms with Crippen LogP contribution in [0.1, 0.15) is 41.8 Å². The van der Waals surface area contributed by atoms with Crippen molar-refractivity contribution < 1.29 is 19.4 Å². The summed E-state index contributed by atoms with van der Waals surface area (Å²) in [6, 6.07) is 10.6. The van der Waals surface area contributed by atoms with E-state index in [9.17, 15) is 9.90 Å². The van der Waals surface area contributed by atoms with Crippen molar-refractivity contribution in [3.8, 4) is 11.5 Å². The predicted octanol–water partition coefficient (Wildman–Crippen LogP) is 4.31. The molecule has 0 aromatic heterocycles. The molecule has 0 bridgehead atoms. The van der Waals surface area contributed by atoms with Gasteiger partial charge in [-0.05, 0) is 30.7 Å². The predicted molar refractivity (Wildman–Crippen MR) is 99.4 cm³/mol. The number of hydrogen-bond acceptors (Lipinski definition) is 4. The number of rotatable bonds is 5. The van der Waals surface area contributed by atoms with E-state index >= 15 is 0 Å². The van der Waals surface area contributed by atoms with E-state index in [0.717, 1.165) is 10.9 Å². The second-order valence-electron chi connectivity index (χ2n) is 5.85. The molecule has 0 fully saturated rings. The Morgan fingerprint density at radius 3 is 2.64 bits per heavy atom. The van der Waals surface area contributed by atoms with Gasteiger partial charge in [-0.1, -0.05) is 35.3 Å². The molecule has 25 heavy (non-hydrogen) atoms. The van der Waals surface area contributed by atoms with Crippen molar-refractivity contribution in [2.75, 3.05) is 18.5 Å². The van der Waals surface area contributed by atoms with E-state index in [1.54, 1.807) is 30.3 Å². The number of halogens is 1. The monoisotopic (exact) mass is 405 g/mol. The highest BCUT2D eigenvalue weighted by Gasteiger charge is 2.21. The second-order valence-corrected chi connectivity index (χ2v) is 6.77. The van der Waals surface area contributed by atoms with E-state index in [1.165, 1.54) is 0 Å². The molecule has 0 aliphatic carbocycles. The molecule has 0 saturated carbocycles. The first-order chi connectivity index (χ1) is 12.1. The van der Waals surface area contributed by atoms with Crippen molar-refractivity contribution in [1.29, 1.82) is 0 Å². The summed E-state index contributed by atoms with van der Waals surface area (Å²) >= 11 is 3.37. The fraction of sp³-hybridized carbons (Fsp3) is 0.316. The molecule has 1 aliphatic rings. The van der Waals surface area contributed by atoms with Gasteiger partial charge in [0.05, 0.1) is 11.8 Å². The van der Waals surface area contributed by atoms with E-state index in [1.807, 2.05) is 13.0 Å². The molecule has 1 heterocycles. The second kappa shape index (κ2) is 7.89. The number of aliphatic hydroxyl groups excluding tert-OH is 1. The summed E-state index contributed by atoms with van der Waals surface area (Å²) < 4.78 is 12.0. The summed E-state index contributed by atoms with van der Waals surface area (Å²) in [5.74, 6) is 0.919. The lowest BCUT2D eigenvalue weighted by Gasteiger charge is -2.23. The van der Waals surface area contributed by atoms with Crippen LogP contribution in [-0.2, 0) is 0 Å². The SMILES string of the molecule is CCC[C@H](O)c1cc2c(cc1NC(=O)c1cccc(Br)c1)OCCO2. The van der Waals surface area contributed by atoms with Gasteiger partial charge in [-0.2, -0.15) is 0 Å². The normalized spacial score (nSPS) is 14.0. The van der Waals surface area contributed by atoms with Gasteiger partial charge in [-0.3, -0.25) is 4.79 Å². The number of ether oxygens (including phenoxy) is 2. The number of aliphatic hydroxyl groups is 1. The third-order valence-electron chi connectivity index (χ3n) is 3.97. The van der Waals surface area contributed by atoms with Gasteiger partial charge in [0.1, 0.15) is 13.2 Å². The standard InChI is InChI=1S/C19H20BrNO4/c1-2-4-16(22)14-10-17-18(25-8-7-24-17)11-15(14)21-19(23)12-5-3-6-13(20)9-12/h3,5-6,9-11,16,22H,2,4,7-8H2,1H3,(H,21,23)/t16-/m0/s1. The Morgan fingerprint density at radius 1 is 1.24 bits per heavy atom. The number of benzene rings is 2. The zero-order chi connectivity index (χ0) is 17.8. The highest BCUT2D eigenvalue weighted by molar-refractivity contribution is 9.10. The zero-order valence-electron chi connectivity index (χ0n) is 13.9. The van der Waals surface area contributed by atoms with Gasteiger partial charge in [-0.25, -0.2) is 0 Å². The highest BCUT2D eigenvalue weighted by atomic mass is 79.9. The first-order valence-electron chi connectivity index (χ1n) is 8.27. The van der Waals surface area contributed by atoms with Gasteiger partial charge in [0, 0.05) is 21.7 Å². The smallest absolute Gasteiger partial charge is 0.255 e. The van der Waals surface area contributed by atoms with Crippen molar-refractivity contribution in [1.82, 2.24) is 0 Å². The molecule has 1 amide bonds. The van der Waals surface area contributed by atoms with Crippen molar-refractivity contribution >= 4 is 27.5 Å². The van der Waals surface area contributed by atoms with E-state index in [4.69, 9.17) is 9.47 Å². The van der Waals surface area contributed by atoms with Crippen LogP contribution in [0, 0.1) is 0 Å². The van der Waals surface area contributed by atoms with Crippen LogP contribution in [0.3, 0.4) is 0 Å². The van der Waals surface area contributed by atoms with Crippen LogP contribution in [-0.4, -0.2) is 24.2 Å². The lowest BCUT2D eigenvalue weighted by Crippen LogP contribution is -2.18. The molecule has 0 saturated heterocycles. The zero-order valence-corrected chi connectivity index (χ0v) is 15.5. The summed E-state index contributed by atoms with van der Waals surface area (Å²) in [5, 5.41) is 13.4. The van der Waals surface area contributed by atoms with Crippen LogP contribution in [0.15, 0.2) is 40.9 Å². The van der Waals surface area contributed by atoms with Crippen molar-refractivity contribution in [2.24, 2.45) is 0 Å². The van der Waals surface area contributed by atoms with Crippen LogP contribution >= 0.6 is 15.9 Å². The van der Waals surface area contributed by atoms with Crippen molar-refractivity contribution in [3.05, 3.63) is 52.0 Å². The summed E-state index contributed by atoms with van der Waals surface area (Å²) in [7, 11) is 0. The van der Waals surface area contributed by atoms with E-state index in [0.29, 0.717) is 47.9 Å². The third-order valence-corrected chi connectivity index (χ3v) is 4.46. The Kier molecular flexibility index (Phi) is 5.60. The largest absolute Gasteiger partial charge is 0.486 e. The summed E-state index contributed by atoms with van der Waals surface area (Å²) in [5.41, 5.74) is 1.70. The molecule has 6 heteroatoms. The molecule has 2 aromatic carbocycles. The maximum Gasteiger partial charge on any atom is 0.255 e. The number of fused-ring (bicyclic) bond motifs is 1. The van der Waals surface area contributed by atoms with Gasteiger partial charge in [-0.15, -0.1) is 0 Å². The average Bonchev–Trinajstić information content (AvgIpc) is 2.61. The van der Waals surface area contributed by atoms with Gasteiger partial charge < -0.3 is 19.9 Å². The molecule has 2 aromatic rings. The Labute approximate surface area is 155 Å². The molecule has 3 rings (SSSR count). The Hall–Kier alpha value is -2.05. The van der Waals surface area contributed by atoms with Gasteiger partial charge in [0.2, 0.25) is 0 Å². The van der Waals surface area contributed by atoms with Gasteiger partial charge in [0.15, 0.2) is 11.5 Å². The van der Waals surface area contributed by atoms with E-state index in [-0.39, 0.29) is 5.91 Å². The number of anilines is 1. The van der Waals surface area contributed by atoms with E-state index in [2.05, 4.69) is 21.2 Å². The molecule has 0 radical (unpaired) electrons. The quantitative estimate of drug-likeness (QED) is 0.777. The van der Waals surface area contributed by atoms with Crippen LogP contribution in [0.5, 0.6) is 11.5 Å². The molecule has 0 spiro atoms. The third kappa shape index (κ3) is 4.14. The van der Waals surface area contributed by atoms with Gasteiger partial charge in [0.25, 0.3) is 5.91 Å². The Balaban J connectivity index is 1.94. The van der Waals surface area contributed by atoms with Gasteiger partial charge >= 0.3 is 0 Å². The molecule has 1 atom stereocenters. The van der Waals surface area contributed by atoms with Crippen LogP contribution in [0.2, 0.25) is 0 Å². The Bertz CT molecular complexity index is 778. The molecular weight excluding hydrogens is 386 g/mol. The van der Waals surface area contributed by atoms with Crippen LogP contribution in [0.25, 0.3) is 0 Å². The number of hydrogen-bond donors (Lipinski definition) is 2. The Morgan fingerprint density at radius 2 is 1.96 bits per heavy atom. The molecule has 5 nitrogen and oxygen atoms in total. The maximum absolute atomic E-state index is 12.6. The number of carbonyl (C=O) groups excluding carboxylic acids is 1.